The molecule has 5 aliphatic carbocycles. The zero-order chi connectivity index (χ0) is 63.3. The van der Waals surface area contributed by atoms with Crippen molar-refractivity contribution >= 4 is 24.2 Å². The zero-order valence-corrected chi connectivity index (χ0v) is 50.0. The molecule has 13 N–H and O–H groups in total. The molecule has 4 heterocycles. The fraction of sp³-hybridized carbons (Fsp3) is 0.864. The van der Waals surface area contributed by atoms with Crippen molar-refractivity contribution in [2.45, 2.75) is 242 Å². The van der Waals surface area contributed by atoms with Crippen molar-refractivity contribution < 1.29 is 133 Å². The molecule has 0 bridgehead atoms. The van der Waals surface area contributed by atoms with E-state index in [4.69, 9.17) is 47.4 Å². The van der Waals surface area contributed by atoms with Crippen LogP contribution in [-0.2, 0) is 66.5 Å². The van der Waals surface area contributed by atoms with Crippen LogP contribution >= 0.6 is 0 Å². The minimum atomic E-state index is -2.28. The summed E-state index contributed by atoms with van der Waals surface area (Å²) in [5.74, 6) is -4.18. The molecule has 488 valence electrons. The van der Waals surface area contributed by atoms with Gasteiger partial charge < -0.3 is 119 Å². The average molecular weight is 1230 g/mol. The molecule has 0 aromatic rings. The van der Waals surface area contributed by atoms with E-state index in [0.717, 1.165) is 11.9 Å². The minimum absolute atomic E-state index is 0.112. The number of aliphatic hydroxyl groups excluding tert-OH is 12. The van der Waals surface area contributed by atoms with E-state index in [0.29, 0.717) is 37.7 Å². The Labute approximate surface area is 498 Å². The van der Waals surface area contributed by atoms with Gasteiger partial charge in [0.2, 0.25) is 0 Å². The predicted octanol–water partition coefficient (Wildman–Crippen LogP) is -2.01. The van der Waals surface area contributed by atoms with E-state index >= 15 is 0 Å². The predicted molar refractivity (Wildman–Crippen MR) is 289 cm³/mol. The standard InChI is InChI=1S/C59H90O27/c1-10-24(2)49(76)86-47-46(73)59(23-79-25(3)62)27(17-54(47,4)5)26-11-12-32-55(6)15-14-34(56(7,22-61)31(55)13-16-57(32,8)58(26,9)18-33(59)65)81-53-45(85-51-40(71)38(69)37(68)30(19-60)80-51)42(41(72)43(83-53)48(74)75)82-52-44(36(67)29(64)21-78-52)84-50-39(70)35(66)28(63)20-77-50/h10-11,22,27-47,50-53,60,63-73H,12-21,23H2,1-9H3,(H,74,75)/b24-10+/t27-,28?,29-,30+,31+,32+,33+,34-,35?,36-,37-,38-,39?,40+,41-,42-,43-,44+,45+,46-,47-,50?,51-,52-,53+,55-,56-,57+,58+,59-/m0/s1. The van der Waals surface area contributed by atoms with Gasteiger partial charge in [-0.05, 0) is 92.8 Å². The highest BCUT2D eigenvalue weighted by molar-refractivity contribution is 5.87. The van der Waals surface area contributed by atoms with Crippen molar-refractivity contribution in [1.29, 1.82) is 0 Å². The van der Waals surface area contributed by atoms with Crippen LogP contribution in [0.2, 0.25) is 0 Å². The van der Waals surface area contributed by atoms with E-state index in [-0.39, 0.29) is 25.4 Å². The number of esters is 2. The second-order valence-electron chi connectivity index (χ2n) is 27.3. The monoisotopic (exact) mass is 1230 g/mol. The van der Waals surface area contributed by atoms with Crippen LogP contribution in [-0.4, -0.2) is 252 Å². The third-order valence-corrected chi connectivity index (χ3v) is 22.2. The molecule has 4 unspecified atom stereocenters. The average Bonchev–Trinajstić information content (AvgIpc) is 0.771. The number of aliphatic hydroxyl groups is 12. The number of carboxylic acid groups (broad SMARTS) is 1. The normalized spacial score (nSPS) is 51.1. The number of carboxylic acids is 1. The summed E-state index contributed by atoms with van der Waals surface area (Å²) in [5.41, 5.74) is -4.42. The Kier molecular flexibility index (Phi) is 19.3. The van der Waals surface area contributed by atoms with Crippen molar-refractivity contribution in [3.63, 3.8) is 0 Å². The number of carbonyl (C=O) groups excluding carboxylic acids is 3. The molecule has 0 amide bonds. The Morgan fingerprint density at radius 2 is 1.31 bits per heavy atom. The number of aldehydes is 1. The van der Waals surface area contributed by atoms with Crippen molar-refractivity contribution in [2.24, 2.45) is 50.2 Å². The van der Waals surface area contributed by atoms with E-state index in [2.05, 4.69) is 26.8 Å². The second-order valence-corrected chi connectivity index (χ2v) is 27.3. The van der Waals surface area contributed by atoms with Gasteiger partial charge in [0.15, 0.2) is 31.3 Å². The van der Waals surface area contributed by atoms with Gasteiger partial charge in [-0.2, -0.15) is 0 Å². The molecule has 9 aliphatic rings. The summed E-state index contributed by atoms with van der Waals surface area (Å²) in [7, 11) is 0. The third-order valence-electron chi connectivity index (χ3n) is 22.2. The highest BCUT2D eigenvalue weighted by atomic mass is 16.8. The number of hydrogen-bond donors (Lipinski definition) is 13. The first-order chi connectivity index (χ1) is 40.2. The summed E-state index contributed by atoms with van der Waals surface area (Å²) in [6.07, 6.45) is -32.7. The largest absolute Gasteiger partial charge is 0.479 e. The zero-order valence-electron chi connectivity index (χ0n) is 50.0. The molecular weight excluding hydrogens is 1140 g/mol. The van der Waals surface area contributed by atoms with Gasteiger partial charge in [-0.1, -0.05) is 59.3 Å². The van der Waals surface area contributed by atoms with E-state index in [9.17, 15) is 85.6 Å². The van der Waals surface area contributed by atoms with Crippen LogP contribution in [0.3, 0.4) is 0 Å². The van der Waals surface area contributed by atoms with Gasteiger partial charge in [-0.25, -0.2) is 9.59 Å². The summed E-state index contributed by atoms with van der Waals surface area (Å²) < 4.78 is 60.0. The Hall–Kier alpha value is -3.24. The minimum Gasteiger partial charge on any atom is -0.479 e. The van der Waals surface area contributed by atoms with Crippen LogP contribution in [0.5, 0.6) is 0 Å². The van der Waals surface area contributed by atoms with Gasteiger partial charge in [0.1, 0.15) is 104 Å². The lowest BCUT2D eigenvalue weighted by atomic mass is 9.33. The van der Waals surface area contributed by atoms with Gasteiger partial charge in [-0.15, -0.1) is 0 Å². The third kappa shape index (κ3) is 11.0. The number of allylic oxidation sites excluding steroid dienone is 3. The van der Waals surface area contributed by atoms with Crippen LogP contribution in [0.25, 0.3) is 0 Å². The topological polar surface area (TPSA) is 424 Å². The summed E-state index contributed by atoms with van der Waals surface area (Å²) in [6.45, 7) is 14.1. The number of aliphatic carboxylic acids is 1. The lowest BCUT2D eigenvalue weighted by Gasteiger charge is -2.72. The van der Waals surface area contributed by atoms with Crippen molar-refractivity contribution in [2.75, 3.05) is 26.4 Å². The fourth-order valence-electron chi connectivity index (χ4n) is 16.9. The summed E-state index contributed by atoms with van der Waals surface area (Å²) in [5, 5.41) is 145. The maximum Gasteiger partial charge on any atom is 0.335 e. The highest BCUT2D eigenvalue weighted by Crippen LogP contribution is 2.76. The Balaban J connectivity index is 1.05. The first kappa shape index (κ1) is 67.2. The molecule has 30 atom stereocenters. The number of fused-ring (bicyclic) bond motifs is 7. The number of rotatable bonds is 15. The highest BCUT2D eigenvalue weighted by Gasteiger charge is 2.74. The first-order valence-electron chi connectivity index (χ1n) is 29.8. The molecule has 8 fully saturated rings. The van der Waals surface area contributed by atoms with Gasteiger partial charge in [0.25, 0.3) is 0 Å². The van der Waals surface area contributed by atoms with Gasteiger partial charge in [0, 0.05) is 17.9 Å². The molecule has 86 heavy (non-hydrogen) atoms. The van der Waals surface area contributed by atoms with E-state index in [1.165, 1.54) is 6.92 Å². The molecule has 0 radical (unpaired) electrons. The summed E-state index contributed by atoms with van der Waals surface area (Å²) in [6, 6.07) is 0. The van der Waals surface area contributed by atoms with Crippen molar-refractivity contribution in [1.82, 2.24) is 0 Å². The first-order valence-corrected chi connectivity index (χ1v) is 29.8. The summed E-state index contributed by atoms with van der Waals surface area (Å²) >= 11 is 0. The van der Waals surface area contributed by atoms with Gasteiger partial charge >= 0.3 is 17.9 Å². The van der Waals surface area contributed by atoms with Gasteiger partial charge in [0.05, 0.1) is 42.9 Å². The lowest BCUT2D eigenvalue weighted by molar-refractivity contribution is -0.398. The lowest BCUT2D eigenvalue weighted by Crippen LogP contribution is -2.72. The molecule has 9 rings (SSSR count). The van der Waals surface area contributed by atoms with Crippen molar-refractivity contribution in [3.8, 4) is 0 Å². The molecular formula is C59H90O27. The molecule has 0 spiro atoms. The second kappa shape index (κ2) is 24.8. The smallest absolute Gasteiger partial charge is 0.335 e. The molecule has 4 saturated heterocycles. The molecule has 27 heteroatoms. The molecule has 4 saturated carbocycles. The van der Waals surface area contributed by atoms with Crippen molar-refractivity contribution in [3.05, 3.63) is 23.3 Å². The van der Waals surface area contributed by atoms with Crippen LogP contribution in [0.4, 0.5) is 0 Å². The van der Waals surface area contributed by atoms with Crippen LogP contribution in [0, 0.1) is 50.2 Å². The maximum atomic E-state index is 14.2. The van der Waals surface area contributed by atoms with Crippen LogP contribution in [0.1, 0.15) is 107 Å². The number of ether oxygens (including phenoxy) is 10. The Bertz CT molecular complexity index is 2550. The van der Waals surface area contributed by atoms with Crippen LogP contribution < -0.4 is 0 Å². The van der Waals surface area contributed by atoms with E-state index in [1.807, 2.05) is 13.8 Å². The van der Waals surface area contributed by atoms with Gasteiger partial charge in [-0.3, -0.25) is 4.79 Å². The Morgan fingerprint density at radius 1 is 0.686 bits per heavy atom. The van der Waals surface area contributed by atoms with E-state index in [1.54, 1.807) is 26.8 Å². The van der Waals surface area contributed by atoms with Crippen LogP contribution in [0.15, 0.2) is 23.3 Å². The molecule has 0 aromatic carbocycles. The SMILES string of the molecule is C/C=C(\C)C(=O)O[C@H]1[C@H](O)[C@]2(COC(C)=O)[C@H](O)C[C@]3(C)C(=CC[C@@H]4[C@@]5(C)CC[C@H](O[C@@H]6O[C@H](C(=O)O)[C@@H](O)[C@H](O[C@@H]7OC[C@H](O)[C@H](O)[C@H]7OC7OCC(O)C(O)C7O)[C@H]6O[C@@H]6O[C@H](CO)[C@H](O)[C@H](O)[C@H]6O)[C@@](C)(C=O)[C@@H]5CC[C@]43C)[C@@H]2CC1(C)C. The molecule has 27 nitrogen and oxygen atoms in total. The number of carbonyl (C=O) groups is 4. The number of hydrogen-bond acceptors (Lipinski definition) is 26. The maximum absolute atomic E-state index is 14.2. The quantitative estimate of drug-likeness (QED) is 0.0277. The molecule has 4 aliphatic heterocycles. The van der Waals surface area contributed by atoms with E-state index < -0.39 is 217 Å². The summed E-state index contributed by atoms with van der Waals surface area (Å²) in [4.78, 5) is 53.3. The Morgan fingerprint density at radius 3 is 1.94 bits per heavy atom. The fourth-order valence-corrected chi connectivity index (χ4v) is 16.9. The molecule has 0 aromatic heterocycles.